The van der Waals surface area contributed by atoms with Crippen LogP contribution in [0.5, 0.6) is 5.75 Å². The third-order valence-electron chi connectivity index (χ3n) is 7.10. The SMILES string of the molecule is C[C@]1(O)COC2(CCN(C(=O)c3ccc(OCC(=O)O)cc3)CC2)C[C@@H]1n1cnc2c(N)ncnc21. The zero-order chi connectivity index (χ0) is 25.5. The lowest BCUT2D eigenvalue weighted by Crippen LogP contribution is -2.57. The molecule has 5 rings (SSSR count). The lowest BCUT2D eigenvalue weighted by Gasteiger charge is -2.51. The molecule has 4 N–H and O–H groups in total. The highest BCUT2D eigenvalue weighted by molar-refractivity contribution is 5.94. The summed E-state index contributed by atoms with van der Waals surface area (Å²) < 4.78 is 13.2. The molecule has 1 aromatic carbocycles. The number of aliphatic carboxylic acids is 1. The number of carbonyl (C=O) groups is 2. The summed E-state index contributed by atoms with van der Waals surface area (Å²) in [5, 5.41) is 19.9. The van der Waals surface area contributed by atoms with Gasteiger partial charge in [0.25, 0.3) is 5.91 Å². The first-order valence-corrected chi connectivity index (χ1v) is 11.7. The lowest BCUT2D eigenvalue weighted by molar-refractivity contribution is -0.198. The van der Waals surface area contributed by atoms with Crippen LogP contribution in [0, 0.1) is 0 Å². The van der Waals surface area contributed by atoms with Crippen molar-refractivity contribution in [3.05, 3.63) is 42.5 Å². The Hall–Kier alpha value is -3.77. The third kappa shape index (κ3) is 4.44. The van der Waals surface area contributed by atoms with Crippen molar-refractivity contribution in [1.82, 2.24) is 24.4 Å². The molecule has 2 aliphatic heterocycles. The van der Waals surface area contributed by atoms with Crippen molar-refractivity contribution in [2.24, 2.45) is 0 Å². The second-order valence-electron chi connectivity index (χ2n) is 9.63. The highest BCUT2D eigenvalue weighted by atomic mass is 16.5. The van der Waals surface area contributed by atoms with E-state index in [0.29, 0.717) is 54.8 Å². The molecule has 0 unspecified atom stereocenters. The Kier molecular flexibility index (Phi) is 6.00. The number of fused-ring (bicyclic) bond motifs is 1. The van der Waals surface area contributed by atoms with Gasteiger partial charge in [0.05, 0.1) is 24.6 Å². The van der Waals surface area contributed by atoms with E-state index in [-0.39, 0.29) is 24.4 Å². The number of nitrogens with zero attached hydrogens (tertiary/aromatic N) is 5. The van der Waals surface area contributed by atoms with Crippen LogP contribution in [0.25, 0.3) is 11.2 Å². The van der Waals surface area contributed by atoms with Crippen LogP contribution < -0.4 is 10.5 Å². The molecule has 0 saturated carbocycles. The average molecular weight is 497 g/mol. The Morgan fingerprint density at radius 1 is 1.19 bits per heavy atom. The molecule has 1 amide bonds. The number of hydrogen-bond acceptors (Lipinski definition) is 9. The van der Waals surface area contributed by atoms with Gasteiger partial charge in [0.1, 0.15) is 23.2 Å². The number of nitrogens with two attached hydrogens (primary N) is 1. The summed E-state index contributed by atoms with van der Waals surface area (Å²) in [6, 6.07) is 6.10. The Labute approximate surface area is 206 Å². The molecule has 36 heavy (non-hydrogen) atoms. The summed E-state index contributed by atoms with van der Waals surface area (Å²) in [6.45, 7) is 2.45. The van der Waals surface area contributed by atoms with Crippen LogP contribution in [0.3, 0.4) is 0 Å². The summed E-state index contributed by atoms with van der Waals surface area (Å²) in [7, 11) is 0. The number of carbonyl (C=O) groups excluding carboxylic acids is 1. The fourth-order valence-electron chi connectivity index (χ4n) is 5.01. The number of likely N-dealkylation sites (tertiary alicyclic amines) is 1. The summed E-state index contributed by atoms with van der Waals surface area (Å²) in [4.78, 5) is 38.2. The Morgan fingerprint density at radius 3 is 2.61 bits per heavy atom. The zero-order valence-electron chi connectivity index (χ0n) is 19.8. The molecular formula is C24H28N6O6. The minimum absolute atomic E-state index is 0.109. The number of aliphatic hydroxyl groups is 1. The quantitative estimate of drug-likeness (QED) is 0.468. The molecule has 2 aromatic heterocycles. The van der Waals surface area contributed by atoms with Crippen molar-refractivity contribution < 1.29 is 29.3 Å². The van der Waals surface area contributed by atoms with Gasteiger partial charge in [-0.1, -0.05) is 0 Å². The highest BCUT2D eigenvalue weighted by Gasteiger charge is 2.50. The van der Waals surface area contributed by atoms with Crippen molar-refractivity contribution in [2.75, 3.05) is 32.0 Å². The Balaban J connectivity index is 1.28. The first kappa shape index (κ1) is 23.9. The molecule has 190 valence electrons. The second kappa shape index (κ2) is 9.03. The average Bonchev–Trinajstić information content (AvgIpc) is 3.30. The zero-order valence-corrected chi connectivity index (χ0v) is 19.8. The molecule has 1 spiro atoms. The molecule has 12 heteroatoms. The number of benzene rings is 1. The molecule has 0 radical (unpaired) electrons. The number of piperidine rings is 1. The number of nitrogen functional groups attached to an aromatic ring is 1. The van der Waals surface area contributed by atoms with Crippen LogP contribution in [0.4, 0.5) is 5.82 Å². The number of anilines is 1. The molecule has 12 nitrogen and oxygen atoms in total. The van der Waals surface area contributed by atoms with Gasteiger partial charge in [0.15, 0.2) is 18.1 Å². The van der Waals surface area contributed by atoms with E-state index in [1.807, 2.05) is 4.57 Å². The summed E-state index contributed by atoms with van der Waals surface area (Å²) in [6.07, 6.45) is 4.79. The maximum absolute atomic E-state index is 13.1. The van der Waals surface area contributed by atoms with E-state index >= 15 is 0 Å². The normalized spacial score (nSPS) is 23.6. The van der Waals surface area contributed by atoms with E-state index in [0.717, 1.165) is 0 Å². The topological polar surface area (TPSA) is 166 Å². The molecule has 2 fully saturated rings. The second-order valence-corrected chi connectivity index (χ2v) is 9.63. The van der Waals surface area contributed by atoms with Crippen LogP contribution in [-0.4, -0.2) is 84.0 Å². The number of carboxylic acids is 1. The number of imidazole rings is 1. The largest absolute Gasteiger partial charge is 0.482 e. The Bertz CT molecular complexity index is 1280. The van der Waals surface area contributed by atoms with Crippen molar-refractivity contribution in [3.63, 3.8) is 0 Å². The van der Waals surface area contributed by atoms with Crippen LogP contribution in [-0.2, 0) is 9.53 Å². The van der Waals surface area contributed by atoms with Crippen molar-refractivity contribution in [2.45, 2.75) is 43.4 Å². The number of ether oxygens (including phenoxy) is 2. The minimum atomic E-state index is -1.14. The van der Waals surface area contributed by atoms with Gasteiger partial charge in [-0.2, -0.15) is 0 Å². The van der Waals surface area contributed by atoms with Gasteiger partial charge in [-0.05, 0) is 44.0 Å². The van der Waals surface area contributed by atoms with Gasteiger partial charge in [0.2, 0.25) is 0 Å². The van der Waals surface area contributed by atoms with E-state index in [1.165, 1.54) is 6.33 Å². The van der Waals surface area contributed by atoms with Gasteiger partial charge >= 0.3 is 5.97 Å². The van der Waals surface area contributed by atoms with Crippen LogP contribution >= 0.6 is 0 Å². The maximum Gasteiger partial charge on any atom is 0.341 e. The number of aromatic nitrogens is 4. The highest BCUT2D eigenvalue weighted by Crippen LogP contribution is 2.44. The van der Waals surface area contributed by atoms with Crippen LogP contribution in [0.1, 0.15) is 42.6 Å². The molecule has 2 atom stereocenters. The standard InChI is InChI=1S/C24H28N6O6/c1-23(34)12-36-24(10-17(23)30-14-28-19-20(25)26-13-27-21(19)30)6-8-29(9-7-24)22(33)15-2-4-16(5-3-15)35-11-18(31)32/h2-5,13-14,17,34H,6-12H2,1H3,(H,31,32)(H2,25,26,27)/t17-,23-/m0/s1. The molecule has 2 aliphatic rings. The fraction of sp³-hybridized carbons (Fsp3) is 0.458. The van der Waals surface area contributed by atoms with E-state index in [1.54, 1.807) is 42.4 Å². The number of hydrogen-bond donors (Lipinski definition) is 3. The molecule has 4 heterocycles. The predicted molar refractivity (Wildman–Crippen MR) is 127 cm³/mol. The van der Waals surface area contributed by atoms with E-state index in [9.17, 15) is 14.7 Å². The molecule has 3 aromatic rings. The summed E-state index contributed by atoms with van der Waals surface area (Å²) in [5.41, 5.74) is 5.87. The number of amides is 1. The molecule has 0 aliphatic carbocycles. The molecule has 0 bridgehead atoms. The first-order chi connectivity index (χ1) is 17.2. The van der Waals surface area contributed by atoms with Gasteiger partial charge in [0, 0.05) is 25.1 Å². The minimum Gasteiger partial charge on any atom is -0.482 e. The predicted octanol–water partition coefficient (Wildman–Crippen LogP) is 1.26. The Morgan fingerprint density at radius 2 is 1.92 bits per heavy atom. The molecule has 2 saturated heterocycles. The lowest BCUT2D eigenvalue weighted by atomic mass is 9.77. The van der Waals surface area contributed by atoms with Crippen molar-refractivity contribution >= 4 is 28.9 Å². The molecular weight excluding hydrogens is 468 g/mol. The fourth-order valence-corrected chi connectivity index (χ4v) is 5.01. The smallest absolute Gasteiger partial charge is 0.341 e. The van der Waals surface area contributed by atoms with Crippen molar-refractivity contribution in [3.8, 4) is 5.75 Å². The third-order valence-corrected chi connectivity index (χ3v) is 7.10. The van der Waals surface area contributed by atoms with E-state index < -0.39 is 23.8 Å². The number of carboxylic acid groups (broad SMARTS) is 1. The number of rotatable bonds is 5. The van der Waals surface area contributed by atoms with Gasteiger partial charge in [-0.15, -0.1) is 0 Å². The van der Waals surface area contributed by atoms with Gasteiger partial charge < -0.3 is 34.9 Å². The van der Waals surface area contributed by atoms with Crippen molar-refractivity contribution in [1.29, 1.82) is 0 Å². The first-order valence-electron chi connectivity index (χ1n) is 11.7. The summed E-state index contributed by atoms with van der Waals surface area (Å²) in [5.74, 6) is -0.501. The van der Waals surface area contributed by atoms with E-state index in [4.69, 9.17) is 20.3 Å². The van der Waals surface area contributed by atoms with Gasteiger partial charge in [-0.3, -0.25) is 4.79 Å². The monoisotopic (exact) mass is 496 g/mol. The van der Waals surface area contributed by atoms with Crippen LogP contribution in [0.2, 0.25) is 0 Å². The van der Waals surface area contributed by atoms with E-state index in [2.05, 4.69) is 15.0 Å². The van der Waals surface area contributed by atoms with Gasteiger partial charge in [-0.25, -0.2) is 19.7 Å². The van der Waals surface area contributed by atoms with Crippen LogP contribution in [0.15, 0.2) is 36.9 Å². The maximum atomic E-state index is 13.1. The summed E-state index contributed by atoms with van der Waals surface area (Å²) >= 11 is 0.